The van der Waals surface area contributed by atoms with Crippen molar-refractivity contribution in [2.75, 3.05) is 0 Å². The second-order valence-corrected chi connectivity index (χ2v) is 16.8. The summed E-state index contributed by atoms with van der Waals surface area (Å²) in [5, 5.41) is 4.97. The molecule has 0 saturated carbocycles. The second kappa shape index (κ2) is 13.9. The molecule has 13 rings (SSSR count). The van der Waals surface area contributed by atoms with Gasteiger partial charge in [0, 0.05) is 27.2 Å². The fourth-order valence-electron chi connectivity index (χ4n) is 10.9. The van der Waals surface area contributed by atoms with Gasteiger partial charge in [-0.25, -0.2) is 0 Å². The van der Waals surface area contributed by atoms with Crippen molar-refractivity contribution < 1.29 is 0 Å². The molecule has 0 atom stereocenters. The van der Waals surface area contributed by atoms with E-state index in [1.807, 2.05) is 0 Å². The van der Waals surface area contributed by atoms with E-state index in [1.165, 1.54) is 105 Å². The number of benzene rings is 10. The number of hydrogen-bond acceptors (Lipinski definition) is 0. The molecule has 0 unspecified atom stereocenters. The highest BCUT2D eigenvalue weighted by Crippen LogP contribution is 2.57. The van der Waals surface area contributed by atoms with Gasteiger partial charge in [0.1, 0.15) is 0 Å². The van der Waals surface area contributed by atoms with Gasteiger partial charge in [0.2, 0.25) is 0 Å². The maximum Gasteiger partial charge on any atom is 0.0733 e. The molecule has 2 heteroatoms. The summed E-state index contributed by atoms with van der Waals surface area (Å²) in [4.78, 5) is 0. The summed E-state index contributed by atoms with van der Waals surface area (Å²) in [6, 6.07) is 89.5. The zero-order chi connectivity index (χ0) is 41.5. The van der Waals surface area contributed by atoms with Gasteiger partial charge in [-0.2, -0.15) is 0 Å². The van der Waals surface area contributed by atoms with E-state index in [2.05, 4.69) is 252 Å². The van der Waals surface area contributed by atoms with Crippen molar-refractivity contribution in [2.45, 2.75) is 5.41 Å². The monoisotopic (exact) mass is 800 g/mol. The van der Waals surface area contributed by atoms with E-state index in [0.29, 0.717) is 0 Å². The summed E-state index contributed by atoms with van der Waals surface area (Å²) in [5.74, 6) is 0. The Morgan fingerprint density at radius 3 is 1.32 bits per heavy atom. The van der Waals surface area contributed by atoms with Gasteiger partial charge in [-0.1, -0.05) is 188 Å². The first-order valence-corrected chi connectivity index (χ1v) is 21.8. The van der Waals surface area contributed by atoms with Crippen LogP contribution in [0.5, 0.6) is 0 Å². The van der Waals surface area contributed by atoms with Crippen LogP contribution in [0.15, 0.2) is 243 Å². The quantitative estimate of drug-likeness (QED) is 0.159. The maximum absolute atomic E-state index is 2.51. The molecule has 0 amide bonds. The van der Waals surface area contributed by atoms with Gasteiger partial charge in [0.05, 0.1) is 33.2 Å². The molecule has 1 aliphatic rings. The highest BCUT2D eigenvalue weighted by molar-refractivity contribution is 6.13. The summed E-state index contributed by atoms with van der Waals surface area (Å²) >= 11 is 0. The van der Waals surface area contributed by atoms with E-state index in [-0.39, 0.29) is 0 Å². The summed E-state index contributed by atoms with van der Waals surface area (Å²) in [7, 11) is 0. The van der Waals surface area contributed by atoms with Crippen LogP contribution in [0, 0.1) is 0 Å². The lowest BCUT2D eigenvalue weighted by molar-refractivity contribution is 0.761. The molecule has 0 saturated heterocycles. The Labute approximate surface area is 366 Å². The average molecular weight is 801 g/mol. The van der Waals surface area contributed by atoms with Crippen LogP contribution >= 0.6 is 0 Å². The molecule has 0 N–H and O–H groups in total. The number of fused-ring (bicyclic) bond motifs is 9. The Morgan fingerprint density at radius 2 is 0.698 bits per heavy atom. The van der Waals surface area contributed by atoms with Crippen LogP contribution < -0.4 is 0 Å². The van der Waals surface area contributed by atoms with Gasteiger partial charge in [-0.15, -0.1) is 0 Å². The Bertz CT molecular complexity index is 3670. The van der Waals surface area contributed by atoms with E-state index in [1.54, 1.807) is 0 Å². The second-order valence-electron chi connectivity index (χ2n) is 16.8. The molecule has 2 nitrogen and oxygen atoms in total. The Kier molecular flexibility index (Phi) is 7.85. The standard InChI is InChI=1S/C61H40N2/c1-3-17-41(18-4-1)42-31-35-46(36-32-42)62-56-28-14-9-23-49(56)51-39-43(33-37-58(51)62)44-34-38-59-52(40-44)50-24-10-15-29-57(50)63(59)60-30-16-13-27-55(60)61(45-19-5-2-6-20-45)53-25-11-7-21-47(53)48-22-8-12-26-54(48)61/h1-40H. The molecular formula is C61H40N2. The van der Waals surface area contributed by atoms with E-state index in [4.69, 9.17) is 0 Å². The largest absolute Gasteiger partial charge is 0.309 e. The minimum absolute atomic E-state index is 0.527. The minimum atomic E-state index is -0.527. The number of nitrogens with zero attached hydrogens (tertiary/aromatic N) is 2. The molecule has 0 aliphatic heterocycles. The minimum Gasteiger partial charge on any atom is -0.309 e. The lowest BCUT2D eigenvalue weighted by atomic mass is 9.67. The lowest BCUT2D eigenvalue weighted by Gasteiger charge is -2.35. The maximum atomic E-state index is 2.51. The topological polar surface area (TPSA) is 9.86 Å². The SMILES string of the molecule is c1ccc(-c2ccc(-n3c4ccccc4c4cc(-c5ccc6c(c5)c5ccccc5n6-c5ccccc5C5(c6ccccc6)c6ccccc6-c6ccccc65)ccc43)cc2)cc1. The molecule has 0 spiro atoms. The average Bonchev–Trinajstić information content (AvgIpc) is 3.98. The van der Waals surface area contributed by atoms with Crippen LogP contribution in [0.4, 0.5) is 0 Å². The van der Waals surface area contributed by atoms with Crippen LogP contribution in [0.25, 0.3) is 88.4 Å². The number of rotatable bonds is 6. The van der Waals surface area contributed by atoms with Crippen LogP contribution in [0.3, 0.4) is 0 Å². The summed E-state index contributed by atoms with van der Waals surface area (Å²) in [6.45, 7) is 0. The van der Waals surface area contributed by atoms with Gasteiger partial charge >= 0.3 is 0 Å². The number of aromatic nitrogens is 2. The van der Waals surface area contributed by atoms with Gasteiger partial charge < -0.3 is 9.13 Å². The predicted octanol–water partition coefficient (Wildman–Crippen LogP) is 15.6. The molecule has 0 radical (unpaired) electrons. The van der Waals surface area contributed by atoms with Crippen molar-refractivity contribution in [2.24, 2.45) is 0 Å². The zero-order valence-electron chi connectivity index (χ0n) is 34.5. The van der Waals surface area contributed by atoms with Crippen LogP contribution in [-0.2, 0) is 5.41 Å². The molecule has 294 valence electrons. The third-order valence-corrected chi connectivity index (χ3v) is 13.6. The van der Waals surface area contributed by atoms with Crippen LogP contribution in [0.2, 0.25) is 0 Å². The summed E-state index contributed by atoms with van der Waals surface area (Å²) in [6.07, 6.45) is 0. The zero-order valence-corrected chi connectivity index (χ0v) is 34.5. The fourth-order valence-corrected chi connectivity index (χ4v) is 10.9. The molecule has 2 aromatic heterocycles. The molecule has 0 fully saturated rings. The van der Waals surface area contributed by atoms with Crippen molar-refractivity contribution in [3.63, 3.8) is 0 Å². The molecule has 12 aromatic rings. The first-order chi connectivity index (χ1) is 31.3. The lowest BCUT2D eigenvalue weighted by Crippen LogP contribution is -2.30. The highest BCUT2D eigenvalue weighted by Gasteiger charge is 2.47. The molecular weight excluding hydrogens is 761 g/mol. The Morgan fingerprint density at radius 1 is 0.270 bits per heavy atom. The third-order valence-electron chi connectivity index (χ3n) is 13.6. The van der Waals surface area contributed by atoms with Crippen LogP contribution in [0.1, 0.15) is 22.3 Å². The molecule has 10 aromatic carbocycles. The van der Waals surface area contributed by atoms with Gasteiger partial charge in [0.25, 0.3) is 0 Å². The molecule has 0 bridgehead atoms. The predicted molar refractivity (Wildman–Crippen MR) is 263 cm³/mol. The highest BCUT2D eigenvalue weighted by atomic mass is 15.0. The first kappa shape index (κ1) is 35.5. The van der Waals surface area contributed by atoms with E-state index in [0.717, 1.165) is 5.69 Å². The molecule has 1 aliphatic carbocycles. The summed E-state index contributed by atoms with van der Waals surface area (Å²) in [5.41, 5.74) is 19.2. The van der Waals surface area contributed by atoms with Crippen molar-refractivity contribution in [3.8, 4) is 44.8 Å². The number of para-hydroxylation sites is 3. The van der Waals surface area contributed by atoms with Crippen molar-refractivity contribution in [3.05, 3.63) is 265 Å². The van der Waals surface area contributed by atoms with E-state index >= 15 is 0 Å². The third kappa shape index (κ3) is 5.19. The Hall–Kier alpha value is -8.20. The smallest absolute Gasteiger partial charge is 0.0733 e. The Balaban J connectivity index is 0.991. The van der Waals surface area contributed by atoms with Crippen molar-refractivity contribution in [1.29, 1.82) is 0 Å². The van der Waals surface area contributed by atoms with Crippen molar-refractivity contribution >= 4 is 43.6 Å². The molecule has 63 heavy (non-hydrogen) atoms. The van der Waals surface area contributed by atoms with Gasteiger partial charge in [-0.05, 0) is 110 Å². The van der Waals surface area contributed by atoms with Crippen LogP contribution in [-0.4, -0.2) is 9.13 Å². The van der Waals surface area contributed by atoms with Crippen molar-refractivity contribution in [1.82, 2.24) is 9.13 Å². The number of hydrogen-bond donors (Lipinski definition) is 0. The first-order valence-electron chi connectivity index (χ1n) is 21.8. The summed E-state index contributed by atoms with van der Waals surface area (Å²) < 4.78 is 4.92. The fraction of sp³-hybridized carbons (Fsp3) is 0.0164. The normalized spacial score (nSPS) is 12.9. The van der Waals surface area contributed by atoms with Gasteiger partial charge in [0.15, 0.2) is 0 Å². The van der Waals surface area contributed by atoms with Gasteiger partial charge in [-0.3, -0.25) is 0 Å². The molecule has 2 heterocycles. The van der Waals surface area contributed by atoms with E-state index < -0.39 is 5.41 Å². The van der Waals surface area contributed by atoms with E-state index in [9.17, 15) is 0 Å².